The van der Waals surface area contributed by atoms with Gasteiger partial charge in [0.25, 0.3) is 0 Å². The molecule has 55 heavy (non-hydrogen) atoms. The first-order valence-corrected chi connectivity index (χ1v) is 18.8. The summed E-state index contributed by atoms with van der Waals surface area (Å²) in [6.07, 6.45) is -39.8. The Kier molecular flexibility index (Phi) is 14.9. The van der Waals surface area contributed by atoms with Crippen molar-refractivity contribution in [2.75, 3.05) is 6.61 Å². The van der Waals surface area contributed by atoms with Gasteiger partial charge in [0.15, 0.2) is 31.3 Å². The molecule has 0 aromatic heterocycles. The van der Waals surface area contributed by atoms with Crippen molar-refractivity contribution in [2.45, 2.75) is 144 Å². The van der Waals surface area contributed by atoms with Crippen LogP contribution in [0.2, 0.25) is 0 Å². The number of amides is 1. The van der Waals surface area contributed by atoms with Crippen LogP contribution in [0.5, 0.6) is 0 Å². The molecule has 4 fully saturated rings. The summed E-state index contributed by atoms with van der Waals surface area (Å²) in [5.74, 6) is -2.71. The Morgan fingerprint density at radius 3 is 1.62 bits per heavy atom. The van der Waals surface area contributed by atoms with Crippen LogP contribution in [0, 0.1) is 0 Å². The molecule has 0 spiro atoms. The lowest BCUT2D eigenvalue weighted by molar-refractivity contribution is -0.386. The predicted molar refractivity (Wildman–Crippen MR) is 164 cm³/mol. The summed E-state index contributed by atoms with van der Waals surface area (Å²) < 4.78 is 112. The van der Waals surface area contributed by atoms with Gasteiger partial charge in [-0.3, -0.25) is 13.9 Å². The van der Waals surface area contributed by atoms with Gasteiger partial charge in [-0.25, -0.2) is 13.2 Å². The van der Waals surface area contributed by atoms with Crippen molar-refractivity contribution in [1.82, 2.24) is 5.32 Å². The van der Waals surface area contributed by atoms with Gasteiger partial charge in [-0.1, -0.05) is 0 Å². The molecule has 320 valence electrons. The van der Waals surface area contributed by atoms with E-state index in [1.807, 2.05) is 0 Å². The van der Waals surface area contributed by atoms with Gasteiger partial charge in [-0.15, -0.1) is 0 Å². The molecule has 0 radical (unpaired) electrons. The van der Waals surface area contributed by atoms with Crippen LogP contribution in [0.1, 0.15) is 20.8 Å². The highest BCUT2D eigenvalue weighted by Crippen LogP contribution is 2.36. The van der Waals surface area contributed by atoms with Gasteiger partial charge in [0.2, 0.25) is 5.91 Å². The van der Waals surface area contributed by atoms with E-state index in [4.69, 9.17) is 33.2 Å². The highest BCUT2D eigenvalue weighted by molar-refractivity contribution is 7.81. The summed E-state index contributed by atoms with van der Waals surface area (Å²) in [6, 6.07) is -1.66. The first-order valence-electron chi connectivity index (χ1n) is 16.1. The fourth-order valence-electron chi connectivity index (χ4n) is 6.26. The third-order valence-electron chi connectivity index (χ3n) is 8.91. The Bertz CT molecular complexity index is 1550. The molecule has 0 aromatic carbocycles. The normalized spacial score (nSPS) is 45.8. The summed E-state index contributed by atoms with van der Waals surface area (Å²) in [5.41, 5.74) is 0. The minimum atomic E-state index is -5.53. The van der Waals surface area contributed by atoms with Crippen molar-refractivity contribution in [3.05, 3.63) is 0 Å². The number of aliphatic hydroxyl groups is 8. The van der Waals surface area contributed by atoms with Crippen LogP contribution in [-0.4, -0.2) is 213 Å². The van der Waals surface area contributed by atoms with Crippen LogP contribution < -0.4 is 5.32 Å². The smallest absolute Gasteiger partial charge is 0.397 e. The number of carboxylic acids is 1. The molecule has 0 bridgehead atoms. The molecule has 29 heteroatoms. The highest BCUT2D eigenvalue weighted by Gasteiger charge is 2.57. The van der Waals surface area contributed by atoms with Crippen LogP contribution in [0.15, 0.2) is 0 Å². The van der Waals surface area contributed by atoms with E-state index in [2.05, 4.69) is 13.7 Å². The molecular weight excluding hydrogens is 806 g/mol. The van der Waals surface area contributed by atoms with E-state index in [-0.39, 0.29) is 0 Å². The predicted octanol–water partition coefficient (Wildman–Crippen LogP) is -7.80. The molecule has 1 amide bonds. The number of hydrogen-bond donors (Lipinski definition) is 12. The van der Waals surface area contributed by atoms with Crippen molar-refractivity contribution in [3.8, 4) is 0 Å². The molecule has 20 atom stereocenters. The molecule has 0 aliphatic carbocycles. The largest absolute Gasteiger partial charge is 0.479 e. The topological polar surface area (TPSA) is 420 Å². The summed E-state index contributed by atoms with van der Waals surface area (Å²) >= 11 is 0. The number of aliphatic hydroxyl groups excluding tert-OH is 8. The molecule has 12 N–H and O–H groups in total. The molecule has 4 aliphatic heterocycles. The zero-order valence-electron chi connectivity index (χ0n) is 28.6. The van der Waals surface area contributed by atoms with Crippen molar-refractivity contribution < 1.29 is 123 Å². The number of hydrogen-bond acceptors (Lipinski definition) is 23. The zero-order valence-corrected chi connectivity index (χ0v) is 30.2. The van der Waals surface area contributed by atoms with E-state index < -0.39 is 162 Å². The molecule has 27 nitrogen and oxygen atoms in total. The van der Waals surface area contributed by atoms with Gasteiger partial charge < -0.3 is 84.4 Å². The highest BCUT2D eigenvalue weighted by atomic mass is 32.3. The van der Waals surface area contributed by atoms with Gasteiger partial charge in [0.1, 0.15) is 79.3 Å². The zero-order chi connectivity index (χ0) is 41.5. The Morgan fingerprint density at radius 2 is 1.09 bits per heavy atom. The van der Waals surface area contributed by atoms with Crippen molar-refractivity contribution in [1.29, 1.82) is 0 Å². The lowest BCUT2D eigenvalue weighted by Crippen LogP contribution is -2.69. The average molecular weight is 850 g/mol. The summed E-state index contributed by atoms with van der Waals surface area (Å²) in [5, 5.41) is 97.5. The number of nitrogens with one attached hydrogen (secondary N) is 1. The van der Waals surface area contributed by atoms with Crippen LogP contribution in [0.4, 0.5) is 0 Å². The second-order valence-corrected chi connectivity index (χ2v) is 15.0. The van der Waals surface area contributed by atoms with Crippen molar-refractivity contribution in [2.24, 2.45) is 0 Å². The molecule has 4 heterocycles. The van der Waals surface area contributed by atoms with Crippen molar-refractivity contribution >= 4 is 32.7 Å². The van der Waals surface area contributed by atoms with Gasteiger partial charge in [-0.2, -0.15) is 16.8 Å². The lowest BCUT2D eigenvalue weighted by atomic mass is 9.95. The van der Waals surface area contributed by atoms with Crippen LogP contribution in [0.3, 0.4) is 0 Å². The number of carbonyl (C=O) groups excluding carboxylic acids is 1. The fourth-order valence-corrected chi connectivity index (χ4v) is 7.28. The van der Waals surface area contributed by atoms with E-state index in [1.54, 1.807) is 0 Å². The maximum absolute atomic E-state index is 12.2. The van der Waals surface area contributed by atoms with Crippen LogP contribution in [-0.2, 0) is 71.9 Å². The minimum Gasteiger partial charge on any atom is -0.479 e. The monoisotopic (exact) mass is 849 g/mol. The first kappa shape index (κ1) is 45.8. The molecular formula is C26H43NO26S2. The number of rotatable bonds is 13. The molecule has 1 unspecified atom stereocenters. The SMILES string of the molecule is CC(=O)N[C@H]1C(O)O[C@H](CO)[C@H](O)[C@@H]1O[C@@H]1O[C@H](C(=O)O)[C@@H](O)[C@H](O[C@@H]2O[C@@H](C)[C@@H](O)[C@@H](OS(=O)(=O)O)[C@@H]2O[C@@H]2O[C@@H](C)[C@@H](O)[C@@H](OS(=O)(=O)O)[C@@H]2O)[C@H]1O. The number of carbonyl (C=O) groups is 2. The Hall–Kier alpha value is -1.92. The van der Waals surface area contributed by atoms with E-state index in [9.17, 15) is 81.5 Å². The fraction of sp³-hybridized carbons (Fsp3) is 0.923. The molecule has 0 saturated carbocycles. The van der Waals surface area contributed by atoms with Gasteiger partial charge in [0.05, 0.1) is 18.8 Å². The lowest BCUT2D eigenvalue weighted by Gasteiger charge is -2.49. The third-order valence-corrected chi connectivity index (χ3v) is 9.84. The summed E-state index contributed by atoms with van der Waals surface area (Å²) in [4.78, 5) is 24.1. The maximum atomic E-state index is 12.2. The Labute approximate surface area is 311 Å². The van der Waals surface area contributed by atoms with Gasteiger partial charge >= 0.3 is 26.8 Å². The van der Waals surface area contributed by atoms with Gasteiger partial charge in [-0.05, 0) is 13.8 Å². The third kappa shape index (κ3) is 10.8. The number of carboxylic acid groups (broad SMARTS) is 1. The molecule has 0 aromatic rings. The number of aliphatic carboxylic acids is 1. The van der Waals surface area contributed by atoms with E-state index in [0.29, 0.717) is 0 Å². The van der Waals surface area contributed by atoms with E-state index in [1.165, 1.54) is 0 Å². The maximum Gasteiger partial charge on any atom is 0.397 e. The average Bonchev–Trinajstić information content (AvgIpc) is 3.06. The molecule has 4 aliphatic rings. The standard InChI is InChI=1S/C26H43NO26S2/c1-5-10(30)18(52-54(39,40)41)15(35)24(45-5)51-21-19(53-55(42,43)44)11(31)6(2)46-26(21)49-17-13(33)20(22(36)37)50-25(14(17)34)48-16-9(27-7(3)29)23(38)47-8(4-28)12(16)32/h5-6,8-21,23-26,28,30-35,38H,4H2,1-3H3,(H,27,29)(H,36,37)(H,39,40,41)(H,42,43,44)/t5-,6-,8+,9+,10+,11+,12-,13-,14+,15-,16+,17-,18+,19+,20-,21-,23?,24-,25+,26-/m0/s1. The van der Waals surface area contributed by atoms with Crippen LogP contribution >= 0.6 is 0 Å². The summed E-state index contributed by atoms with van der Waals surface area (Å²) in [7, 11) is -10.9. The van der Waals surface area contributed by atoms with Gasteiger partial charge in [0, 0.05) is 6.92 Å². The Morgan fingerprint density at radius 1 is 0.618 bits per heavy atom. The van der Waals surface area contributed by atoms with Crippen molar-refractivity contribution in [3.63, 3.8) is 0 Å². The van der Waals surface area contributed by atoms with E-state index >= 15 is 0 Å². The second kappa shape index (κ2) is 17.9. The van der Waals surface area contributed by atoms with E-state index in [0.717, 1.165) is 20.8 Å². The first-order chi connectivity index (χ1) is 25.3. The minimum absolute atomic E-state index is 0.800. The molecule has 4 saturated heterocycles. The Balaban J connectivity index is 1.71. The second-order valence-electron chi connectivity index (χ2n) is 12.9. The summed E-state index contributed by atoms with van der Waals surface area (Å²) in [6.45, 7) is 2.29. The molecule has 4 rings (SSSR count). The van der Waals surface area contributed by atoms with Crippen LogP contribution in [0.25, 0.3) is 0 Å². The quantitative estimate of drug-likeness (QED) is 0.0766. The number of ether oxygens (including phenoxy) is 7.